The van der Waals surface area contributed by atoms with E-state index in [1.165, 1.54) is 17.5 Å². The van der Waals surface area contributed by atoms with Gasteiger partial charge in [-0.25, -0.2) is 0 Å². The Labute approximate surface area is 73.7 Å². The monoisotopic (exact) mass is 148 g/mol. The molecule has 0 amide bonds. The molecule has 0 saturated carbocycles. The second-order valence-corrected chi connectivity index (χ2v) is 3.04. The van der Waals surface area contributed by atoms with Crippen LogP contribution in [-0.2, 0) is 6.42 Å². The summed E-state index contributed by atoms with van der Waals surface area (Å²) in [6, 6.07) is 8.54. The summed E-state index contributed by atoms with van der Waals surface area (Å²) in [4.78, 5) is 0. The quantitative estimate of drug-likeness (QED) is 0.565. The summed E-state index contributed by atoms with van der Waals surface area (Å²) in [6.45, 7) is 2.16. The SMILES string of the molecule is Cc1ccccc1C[CH2][Al+2].[H-].[H-]. The number of rotatable bonds is 2. The number of benzene rings is 1. The number of hydrogen-bond donors (Lipinski definition) is 0. The summed E-state index contributed by atoms with van der Waals surface area (Å²) in [5.74, 6) is 0. The summed E-state index contributed by atoms with van der Waals surface area (Å²) >= 11 is 2.75. The molecule has 0 aliphatic heterocycles. The molecule has 1 aromatic carbocycles. The molecule has 0 N–H and O–H groups in total. The fourth-order valence-electron chi connectivity index (χ4n) is 1.05. The zero-order valence-electron chi connectivity index (χ0n) is 8.30. The molecule has 0 atom stereocenters. The minimum absolute atomic E-state index is 0. The molecule has 0 aliphatic rings. The van der Waals surface area contributed by atoms with E-state index in [-0.39, 0.29) is 2.85 Å². The van der Waals surface area contributed by atoms with Crippen LogP contribution < -0.4 is 0 Å². The minimum Gasteiger partial charge on any atom is -1.00 e. The van der Waals surface area contributed by atoms with Crippen LogP contribution in [0.2, 0.25) is 5.28 Å². The van der Waals surface area contributed by atoms with Crippen LogP contribution in [0.15, 0.2) is 24.3 Å². The first-order valence-electron chi connectivity index (χ1n) is 3.59. The average molecular weight is 148 g/mol. The summed E-state index contributed by atoms with van der Waals surface area (Å²) in [5, 5.41) is 1.16. The van der Waals surface area contributed by atoms with E-state index in [1.807, 2.05) is 0 Å². The Balaban J connectivity index is 0. The Hall–Kier alpha value is -0.248. The van der Waals surface area contributed by atoms with E-state index in [0.29, 0.717) is 0 Å². The number of aryl methyl sites for hydroxylation is 2. The van der Waals surface area contributed by atoms with Gasteiger partial charge < -0.3 is 2.85 Å². The van der Waals surface area contributed by atoms with Crippen molar-refractivity contribution in [2.24, 2.45) is 0 Å². The van der Waals surface area contributed by atoms with Crippen molar-refractivity contribution in [3.8, 4) is 0 Å². The van der Waals surface area contributed by atoms with Gasteiger partial charge in [0.1, 0.15) is 0 Å². The third-order valence-corrected chi connectivity index (χ3v) is 1.96. The van der Waals surface area contributed by atoms with E-state index < -0.39 is 0 Å². The first-order chi connectivity index (χ1) is 4.84. The van der Waals surface area contributed by atoms with Crippen LogP contribution in [0, 0.1) is 6.92 Å². The van der Waals surface area contributed by atoms with Crippen LogP contribution in [0.4, 0.5) is 0 Å². The second-order valence-electron chi connectivity index (χ2n) is 2.47. The Bertz CT molecular complexity index is 213. The molecule has 0 spiro atoms. The predicted octanol–water partition coefficient (Wildman–Crippen LogP) is 2.35. The van der Waals surface area contributed by atoms with E-state index in [0.717, 1.165) is 5.28 Å². The number of hydrogen-bond acceptors (Lipinski definition) is 0. The van der Waals surface area contributed by atoms with E-state index in [4.69, 9.17) is 0 Å². The fraction of sp³-hybridized carbons (Fsp3) is 0.333. The van der Waals surface area contributed by atoms with Crippen molar-refractivity contribution < 1.29 is 2.85 Å². The maximum Gasteiger partial charge on any atom is -1.00 e. The maximum absolute atomic E-state index is 2.75. The van der Waals surface area contributed by atoms with Gasteiger partial charge in [-0.1, -0.05) is 0 Å². The molecule has 1 aromatic rings. The zero-order chi connectivity index (χ0) is 7.40. The summed E-state index contributed by atoms with van der Waals surface area (Å²) in [6.07, 6.45) is 1.18. The van der Waals surface area contributed by atoms with Crippen molar-refractivity contribution in [3.05, 3.63) is 35.4 Å². The van der Waals surface area contributed by atoms with Crippen LogP contribution in [0.1, 0.15) is 14.0 Å². The van der Waals surface area contributed by atoms with Crippen molar-refractivity contribution in [2.45, 2.75) is 18.6 Å². The van der Waals surface area contributed by atoms with Crippen LogP contribution >= 0.6 is 0 Å². The van der Waals surface area contributed by atoms with Crippen LogP contribution in [0.25, 0.3) is 0 Å². The van der Waals surface area contributed by atoms with Crippen LogP contribution in [0.5, 0.6) is 0 Å². The minimum atomic E-state index is 0. The van der Waals surface area contributed by atoms with Crippen molar-refractivity contribution in [2.75, 3.05) is 0 Å². The van der Waals surface area contributed by atoms with E-state index in [9.17, 15) is 0 Å². The molecule has 0 fully saturated rings. The predicted molar refractivity (Wildman–Crippen MR) is 47.7 cm³/mol. The first-order valence-corrected chi connectivity index (χ1v) is 4.41. The van der Waals surface area contributed by atoms with Crippen LogP contribution in [-0.4, -0.2) is 16.3 Å². The van der Waals surface area contributed by atoms with Gasteiger partial charge in [-0.05, 0) is 0 Å². The third kappa shape index (κ3) is 1.87. The molecule has 0 aromatic heterocycles. The first kappa shape index (κ1) is 7.86. The Kier molecular flexibility index (Phi) is 2.99. The maximum atomic E-state index is 2.75. The molecular weight excluding hydrogens is 135 g/mol. The molecule has 52 valence electrons. The average Bonchev–Trinajstić information content (AvgIpc) is 1.94. The normalized spacial score (nSPS) is 9.90. The molecular formula is C9H13Al. The molecule has 0 nitrogen and oxygen atoms in total. The Morgan fingerprint density at radius 3 is 2.70 bits per heavy atom. The molecule has 0 saturated heterocycles. The summed E-state index contributed by atoms with van der Waals surface area (Å²) < 4.78 is 0. The van der Waals surface area contributed by atoms with Gasteiger partial charge in [0.15, 0.2) is 0 Å². The third-order valence-electron chi connectivity index (χ3n) is 1.67. The topological polar surface area (TPSA) is 0 Å². The van der Waals surface area contributed by atoms with Gasteiger partial charge in [-0.15, -0.1) is 0 Å². The Morgan fingerprint density at radius 2 is 2.10 bits per heavy atom. The van der Waals surface area contributed by atoms with Gasteiger partial charge in [0.2, 0.25) is 0 Å². The Morgan fingerprint density at radius 1 is 1.40 bits per heavy atom. The smallest absolute Gasteiger partial charge is 1.00 e. The summed E-state index contributed by atoms with van der Waals surface area (Å²) in [7, 11) is 0. The van der Waals surface area contributed by atoms with Crippen molar-refractivity contribution in [1.29, 1.82) is 0 Å². The van der Waals surface area contributed by atoms with Gasteiger partial charge >= 0.3 is 70.3 Å². The molecule has 0 heterocycles. The van der Waals surface area contributed by atoms with Crippen molar-refractivity contribution in [1.82, 2.24) is 0 Å². The molecule has 1 rings (SSSR count). The zero-order valence-corrected chi connectivity index (χ0v) is 7.46. The summed E-state index contributed by atoms with van der Waals surface area (Å²) in [5.41, 5.74) is 2.88. The standard InChI is InChI=1S/C9H11.Al.2H/c1-3-9-7-5-4-6-8(9)2;;;/h4-7H,1,3H2,2H3;;;/q;+2;2*-1. The fourth-order valence-corrected chi connectivity index (χ4v) is 1.36. The van der Waals surface area contributed by atoms with Gasteiger partial charge in [-0.3, -0.25) is 0 Å². The molecule has 0 bridgehead atoms. The molecule has 10 heavy (non-hydrogen) atoms. The van der Waals surface area contributed by atoms with Crippen molar-refractivity contribution >= 4 is 16.3 Å². The second kappa shape index (κ2) is 3.81. The van der Waals surface area contributed by atoms with Gasteiger partial charge in [0.25, 0.3) is 0 Å². The van der Waals surface area contributed by atoms with Gasteiger partial charge in [0.05, 0.1) is 0 Å². The molecule has 0 aliphatic carbocycles. The largest absolute Gasteiger partial charge is 1.00 e. The van der Waals surface area contributed by atoms with E-state index in [1.54, 1.807) is 0 Å². The van der Waals surface area contributed by atoms with E-state index in [2.05, 4.69) is 47.5 Å². The molecule has 0 unspecified atom stereocenters. The molecule has 1 heteroatoms. The van der Waals surface area contributed by atoms with Crippen molar-refractivity contribution in [3.63, 3.8) is 0 Å². The van der Waals surface area contributed by atoms with E-state index >= 15 is 0 Å². The van der Waals surface area contributed by atoms with Gasteiger partial charge in [0, 0.05) is 0 Å². The van der Waals surface area contributed by atoms with Gasteiger partial charge in [-0.2, -0.15) is 0 Å². The molecule has 0 radical (unpaired) electrons. The van der Waals surface area contributed by atoms with Crippen LogP contribution in [0.3, 0.4) is 0 Å².